The van der Waals surface area contributed by atoms with Gasteiger partial charge in [-0.3, -0.25) is 9.97 Å². The van der Waals surface area contributed by atoms with Crippen molar-refractivity contribution in [1.82, 2.24) is 24.9 Å². The van der Waals surface area contributed by atoms with Crippen molar-refractivity contribution in [1.29, 1.82) is 0 Å². The van der Waals surface area contributed by atoms with Crippen molar-refractivity contribution in [2.24, 2.45) is 0 Å². The van der Waals surface area contributed by atoms with Gasteiger partial charge in [-0.2, -0.15) is 0 Å². The van der Waals surface area contributed by atoms with Gasteiger partial charge in [0.2, 0.25) is 5.95 Å². The summed E-state index contributed by atoms with van der Waals surface area (Å²) in [5.41, 5.74) is 5.50. The lowest BCUT2D eigenvalue weighted by Crippen LogP contribution is -2.06. The maximum Gasteiger partial charge on any atom is 0.223 e. The summed E-state index contributed by atoms with van der Waals surface area (Å²) in [5.74, 6) is 1.30. The Balaban J connectivity index is 1.59. The molecule has 0 saturated heterocycles. The molecule has 4 aromatic heterocycles. The standard InChI is InChI=1S/C20H15N7/c1-2-7-22-13(4-1)10-24-20-25-11-16-14-6-9-21-12-17(14)26-19-15(18(16)27-20)5-3-8-23-19/h1-9,11-12H,10H2,(H,23,26)(H,24,25,27). The fourth-order valence-electron chi connectivity index (χ4n) is 3.09. The normalized spacial score (nSPS) is 11.4. The number of fused-ring (bicyclic) bond motifs is 5. The van der Waals surface area contributed by atoms with Crippen molar-refractivity contribution in [3.63, 3.8) is 0 Å². The van der Waals surface area contributed by atoms with Crippen LogP contribution in [0.2, 0.25) is 0 Å². The van der Waals surface area contributed by atoms with Crippen LogP contribution in [0.5, 0.6) is 0 Å². The van der Waals surface area contributed by atoms with Crippen LogP contribution in [-0.4, -0.2) is 24.9 Å². The molecule has 4 aromatic rings. The zero-order chi connectivity index (χ0) is 18.1. The highest BCUT2D eigenvalue weighted by Crippen LogP contribution is 2.41. The number of nitrogens with one attached hydrogen (secondary N) is 2. The maximum atomic E-state index is 4.78. The highest BCUT2D eigenvalue weighted by atomic mass is 15.1. The third-order valence-corrected chi connectivity index (χ3v) is 4.37. The van der Waals surface area contributed by atoms with Gasteiger partial charge in [0.1, 0.15) is 5.82 Å². The molecule has 0 aromatic carbocycles. The third-order valence-electron chi connectivity index (χ3n) is 4.37. The molecule has 0 atom stereocenters. The average molecular weight is 353 g/mol. The second-order valence-electron chi connectivity index (χ2n) is 6.08. The number of pyridine rings is 3. The Morgan fingerprint density at radius 2 is 1.78 bits per heavy atom. The molecule has 0 radical (unpaired) electrons. The number of hydrogen-bond acceptors (Lipinski definition) is 7. The third kappa shape index (κ3) is 2.85. The van der Waals surface area contributed by atoms with Gasteiger partial charge in [-0.1, -0.05) is 6.07 Å². The molecular formula is C20H15N7. The van der Waals surface area contributed by atoms with E-state index in [0.29, 0.717) is 12.5 Å². The van der Waals surface area contributed by atoms with Crippen LogP contribution in [0, 0.1) is 0 Å². The molecule has 5 rings (SSSR count). The zero-order valence-electron chi connectivity index (χ0n) is 14.3. The highest BCUT2D eigenvalue weighted by molar-refractivity contribution is 5.95. The summed E-state index contributed by atoms with van der Waals surface area (Å²) in [4.78, 5) is 22.3. The number of rotatable bonds is 3. The lowest BCUT2D eigenvalue weighted by molar-refractivity contribution is 1.00. The van der Waals surface area contributed by atoms with Crippen LogP contribution in [0.1, 0.15) is 5.69 Å². The SMILES string of the molecule is c1ccc(CNc2ncc3c(n2)-c2cccnc2Nc2cnccc2-3)nc1. The van der Waals surface area contributed by atoms with Crippen LogP contribution in [0.25, 0.3) is 22.4 Å². The predicted octanol–water partition coefficient (Wildman–Crippen LogP) is 3.66. The summed E-state index contributed by atoms with van der Waals surface area (Å²) in [6.07, 6.45) is 8.92. The predicted molar refractivity (Wildman–Crippen MR) is 103 cm³/mol. The van der Waals surface area contributed by atoms with Crippen LogP contribution in [0.3, 0.4) is 0 Å². The van der Waals surface area contributed by atoms with Gasteiger partial charge in [0.15, 0.2) is 0 Å². The van der Waals surface area contributed by atoms with Gasteiger partial charge >= 0.3 is 0 Å². The van der Waals surface area contributed by atoms with Crippen molar-refractivity contribution in [2.45, 2.75) is 6.54 Å². The van der Waals surface area contributed by atoms with E-state index in [4.69, 9.17) is 4.98 Å². The Hall–Kier alpha value is -3.87. The summed E-state index contributed by atoms with van der Waals surface area (Å²) in [6.45, 7) is 0.554. The fraction of sp³-hybridized carbons (Fsp3) is 0.0500. The minimum Gasteiger partial charge on any atom is -0.349 e. The molecule has 0 bridgehead atoms. The lowest BCUT2D eigenvalue weighted by Gasteiger charge is -2.10. The molecule has 7 heteroatoms. The molecule has 0 fully saturated rings. The molecule has 5 heterocycles. The molecule has 0 amide bonds. The lowest BCUT2D eigenvalue weighted by atomic mass is 10.0. The molecule has 7 nitrogen and oxygen atoms in total. The van der Waals surface area contributed by atoms with E-state index in [0.717, 1.165) is 39.6 Å². The van der Waals surface area contributed by atoms with E-state index in [1.54, 1.807) is 24.8 Å². The van der Waals surface area contributed by atoms with E-state index in [9.17, 15) is 0 Å². The molecule has 0 aliphatic carbocycles. The van der Waals surface area contributed by atoms with E-state index >= 15 is 0 Å². The Kier molecular flexibility index (Phi) is 3.68. The van der Waals surface area contributed by atoms with Crippen molar-refractivity contribution in [2.75, 3.05) is 10.6 Å². The molecule has 0 spiro atoms. The second-order valence-corrected chi connectivity index (χ2v) is 6.08. The maximum absolute atomic E-state index is 4.78. The van der Waals surface area contributed by atoms with Crippen LogP contribution < -0.4 is 10.6 Å². The van der Waals surface area contributed by atoms with E-state index in [1.165, 1.54) is 0 Å². The number of aromatic nitrogens is 5. The molecular weight excluding hydrogens is 338 g/mol. The first-order chi connectivity index (χ1) is 13.4. The summed E-state index contributed by atoms with van der Waals surface area (Å²) in [5, 5.41) is 6.60. The Morgan fingerprint density at radius 3 is 2.70 bits per heavy atom. The van der Waals surface area contributed by atoms with Gasteiger partial charge in [-0.05, 0) is 30.3 Å². The molecule has 1 aliphatic heterocycles. The summed E-state index contributed by atoms with van der Waals surface area (Å²) < 4.78 is 0. The minimum atomic E-state index is 0.548. The van der Waals surface area contributed by atoms with Gasteiger partial charge in [-0.25, -0.2) is 15.0 Å². The Morgan fingerprint density at radius 1 is 0.815 bits per heavy atom. The summed E-state index contributed by atoms with van der Waals surface area (Å²) >= 11 is 0. The second kappa shape index (κ2) is 6.45. The first-order valence-corrected chi connectivity index (χ1v) is 8.56. The van der Waals surface area contributed by atoms with Gasteiger partial charge < -0.3 is 10.6 Å². The largest absolute Gasteiger partial charge is 0.349 e. The Bertz CT molecular complexity index is 1110. The van der Waals surface area contributed by atoms with Crippen LogP contribution >= 0.6 is 0 Å². The smallest absolute Gasteiger partial charge is 0.223 e. The molecule has 0 saturated carbocycles. The van der Waals surface area contributed by atoms with Crippen molar-refractivity contribution < 1.29 is 0 Å². The quantitative estimate of drug-likeness (QED) is 0.511. The summed E-state index contributed by atoms with van der Waals surface area (Å²) in [6, 6.07) is 11.7. The van der Waals surface area contributed by atoms with Gasteiger partial charge in [0, 0.05) is 41.5 Å². The topological polar surface area (TPSA) is 88.5 Å². The average Bonchev–Trinajstić information content (AvgIpc) is 2.87. The van der Waals surface area contributed by atoms with Crippen molar-refractivity contribution in [3.8, 4) is 22.4 Å². The molecule has 27 heavy (non-hydrogen) atoms. The monoisotopic (exact) mass is 353 g/mol. The molecule has 2 N–H and O–H groups in total. The number of anilines is 3. The molecule has 1 aliphatic rings. The van der Waals surface area contributed by atoms with E-state index < -0.39 is 0 Å². The van der Waals surface area contributed by atoms with Crippen molar-refractivity contribution >= 4 is 17.5 Å². The van der Waals surface area contributed by atoms with Crippen LogP contribution in [-0.2, 0) is 6.54 Å². The van der Waals surface area contributed by atoms with E-state index in [2.05, 4.69) is 30.6 Å². The van der Waals surface area contributed by atoms with Gasteiger partial charge in [-0.15, -0.1) is 0 Å². The van der Waals surface area contributed by atoms with Gasteiger partial charge in [0.05, 0.1) is 29.8 Å². The van der Waals surface area contributed by atoms with E-state index in [-0.39, 0.29) is 0 Å². The molecule has 0 unspecified atom stereocenters. The first-order valence-electron chi connectivity index (χ1n) is 8.56. The number of hydrogen-bond donors (Lipinski definition) is 2. The van der Waals surface area contributed by atoms with E-state index in [1.807, 2.05) is 42.6 Å². The fourth-order valence-corrected chi connectivity index (χ4v) is 3.09. The zero-order valence-corrected chi connectivity index (χ0v) is 14.3. The van der Waals surface area contributed by atoms with Gasteiger partial charge in [0.25, 0.3) is 0 Å². The van der Waals surface area contributed by atoms with Crippen LogP contribution in [0.4, 0.5) is 17.5 Å². The Labute approximate surface area is 155 Å². The van der Waals surface area contributed by atoms with Crippen molar-refractivity contribution in [3.05, 3.63) is 73.1 Å². The molecule has 130 valence electrons. The number of nitrogens with zero attached hydrogens (tertiary/aromatic N) is 5. The first kappa shape index (κ1) is 15.4. The minimum absolute atomic E-state index is 0.548. The summed E-state index contributed by atoms with van der Waals surface area (Å²) in [7, 11) is 0. The highest BCUT2D eigenvalue weighted by Gasteiger charge is 2.21. The van der Waals surface area contributed by atoms with Crippen LogP contribution in [0.15, 0.2) is 67.4 Å².